The minimum atomic E-state index is -5.18. The van der Waals surface area contributed by atoms with Crippen molar-refractivity contribution in [3.8, 4) is 0 Å². The summed E-state index contributed by atoms with van der Waals surface area (Å²) in [4.78, 5) is 0. The average Bonchev–Trinajstić information content (AvgIpc) is 2.32. The Balaban J connectivity index is 3.30. The zero-order valence-electron chi connectivity index (χ0n) is 11.4. The van der Waals surface area contributed by atoms with Crippen LogP contribution in [0, 0.1) is 0 Å². The van der Waals surface area contributed by atoms with Crippen molar-refractivity contribution in [3.05, 3.63) is 0 Å². The lowest BCUT2D eigenvalue weighted by molar-refractivity contribution is -0.0445. The second-order valence-electron chi connectivity index (χ2n) is 4.70. The molecule has 1 rings (SSSR count). The minimum Gasteiger partial charge on any atom is -0.323 e. The molecule has 18 heteroatoms. The summed E-state index contributed by atoms with van der Waals surface area (Å²) in [5.74, 6) is 0. The van der Waals surface area contributed by atoms with Gasteiger partial charge in [-0.3, -0.25) is 13.7 Å². The van der Waals surface area contributed by atoms with Gasteiger partial charge in [-0.2, -0.15) is 25.3 Å². The Morgan fingerprint density at radius 3 is 0.833 bits per heavy atom. The van der Waals surface area contributed by atoms with Crippen molar-refractivity contribution in [2.45, 2.75) is 36.4 Å². The molecule has 0 bridgehead atoms. The van der Waals surface area contributed by atoms with Crippen LogP contribution in [-0.2, 0) is 43.7 Å². The number of rotatable bonds is 6. The van der Waals surface area contributed by atoms with Gasteiger partial charge in [0.15, 0.2) is 0 Å². The Morgan fingerprint density at radius 1 is 0.542 bits per heavy atom. The van der Waals surface area contributed by atoms with Gasteiger partial charge in [0, 0.05) is 0 Å². The Hall–Kier alpha value is -0.510. The fraction of sp³-hybridized carbons (Fsp3) is 1.00. The van der Waals surface area contributed by atoms with E-state index in [4.69, 9.17) is 30.9 Å². The molecule has 9 N–H and O–H groups in total. The van der Waals surface area contributed by atoms with Crippen LogP contribution in [0.5, 0.6) is 0 Å². The summed E-state index contributed by atoms with van der Waals surface area (Å²) >= 11 is 0. The second-order valence-corrected chi connectivity index (χ2v) is 7.84. The van der Waals surface area contributed by atoms with E-state index in [0.717, 1.165) is 0 Å². The maximum Gasteiger partial charge on any atom is 0.397 e. The van der Waals surface area contributed by atoms with Crippen LogP contribution in [0.4, 0.5) is 0 Å². The summed E-state index contributed by atoms with van der Waals surface area (Å²) in [6.45, 7) is 0. The molecule has 144 valence electrons. The van der Waals surface area contributed by atoms with E-state index >= 15 is 0 Å². The molecule has 0 aliphatic heterocycles. The van der Waals surface area contributed by atoms with Crippen LogP contribution in [0.1, 0.15) is 0 Å². The summed E-state index contributed by atoms with van der Waals surface area (Å²) in [7, 11) is -15.5. The molecule has 1 fully saturated rings. The molecule has 0 aromatic heterocycles. The van der Waals surface area contributed by atoms with Crippen LogP contribution < -0.4 is 17.2 Å². The molecule has 0 unspecified atom stereocenters. The lowest BCUT2D eigenvalue weighted by Gasteiger charge is -2.44. The predicted octanol–water partition coefficient (Wildman–Crippen LogP) is -4.45. The molecule has 0 aromatic rings. The third kappa shape index (κ3) is 6.09. The second kappa shape index (κ2) is 7.01. The van der Waals surface area contributed by atoms with Crippen LogP contribution in [0.15, 0.2) is 0 Å². The molecular formula is C6H15N3O12S3. The summed E-state index contributed by atoms with van der Waals surface area (Å²) in [6.07, 6.45) is -5.96. The molecule has 0 aromatic carbocycles. The van der Waals surface area contributed by atoms with Gasteiger partial charge in [-0.05, 0) is 0 Å². The van der Waals surface area contributed by atoms with Gasteiger partial charge in [0.1, 0.15) is 18.3 Å². The third-order valence-corrected chi connectivity index (χ3v) is 4.37. The molecule has 1 aliphatic carbocycles. The Kier molecular flexibility index (Phi) is 6.29. The highest BCUT2D eigenvalue weighted by molar-refractivity contribution is 7.81. The summed E-state index contributed by atoms with van der Waals surface area (Å²) in [5, 5.41) is 0. The van der Waals surface area contributed by atoms with E-state index in [0.29, 0.717) is 0 Å². The van der Waals surface area contributed by atoms with Crippen LogP contribution in [0.2, 0.25) is 0 Å². The van der Waals surface area contributed by atoms with E-state index in [1.165, 1.54) is 0 Å². The van der Waals surface area contributed by atoms with Crippen molar-refractivity contribution in [2.24, 2.45) is 17.2 Å². The SMILES string of the molecule is NC1C(OS(=O)(=O)O)C(N)C(OS(=O)(=O)O)C(N)C1OS(=O)(=O)O. The van der Waals surface area contributed by atoms with Crippen molar-refractivity contribution in [2.75, 3.05) is 0 Å². The lowest BCUT2D eigenvalue weighted by Crippen LogP contribution is -2.73. The molecule has 0 spiro atoms. The van der Waals surface area contributed by atoms with Crippen molar-refractivity contribution in [1.29, 1.82) is 0 Å². The minimum absolute atomic E-state index is 1.78. The molecule has 1 aliphatic rings. The van der Waals surface area contributed by atoms with E-state index in [1.54, 1.807) is 0 Å². The third-order valence-electron chi connectivity index (χ3n) is 2.97. The first-order chi connectivity index (χ1) is 10.5. The zero-order valence-corrected chi connectivity index (χ0v) is 13.9. The molecular weight excluding hydrogens is 402 g/mol. The molecule has 0 heterocycles. The van der Waals surface area contributed by atoms with Crippen molar-refractivity contribution >= 4 is 31.2 Å². The number of nitrogens with two attached hydrogens (primary N) is 3. The highest BCUT2D eigenvalue weighted by Crippen LogP contribution is 2.27. The van der Waals surface area contributed by atoms with E-state index in [1.807, 2.05) is 0 Å². The maximum atomic E-state index is 10.8. The fourth-order valence-corrected chi connectivity index (χ4v) is 3.75. The molecule has 24 heavy (non-hydrogen) atoms. The Morgan fingerprint density at radius 2 is 0.708 bits per heavy atom. The first-order valence-electron chi connectivity index (χ1n) is 5.75. The summed E-state index contributed by atoms with van der Waals surface area (Å²) < 4.78 is 104. The smallest absolute Gasteiger partial charge is 0.323 e. The van der Waals surface area contributed by atoms with E-state index in [-0.39, 0.29) is 0 Å². The van der Waals surface area contributed by atoms with E-state index in [2.05, 4.69) is 12.5 Å². The van der Waals surface area contributed by atoms with E-state index in [9.17, 15) is 25.3 Å². The molecule has 1 saturated carbocycles. The predicted molar refractivity (Wildman–Crippen MR) is 73.2 cm³/mol. The Labute approximate surface area is 136 Å². The standard InChI is InChI=1S/C6H15N3O12S3/c7-1-4(19-22(10,11)12)2(8)6(21-24(16,17)18)3(9)5(1)20-23(13,14)15/h1-6H,7-9H2,(H,10,11,12)(H,13,14,15)(H,16,17,18). The highest BCUT2D eigenvalue weighted by Gasteiger charge is 2.53. The number of hydrogen-bond acceptors (Lipinski definition) is 12. The molecule has 0 amide bonds. The van der Waals surface area contributed by atoms with Gasteiger partial charge in [-0.15, -0.1) is 0 Å². The zero-order chi connectivity index (χ0) is 19.1. The van der Waals surface area contributed by atoms with Gasteiger partial charge in [0.25, 0.3) is 0 Å². The van der Waals surface area contributed by atoms with Gasteiger partial charge in [0.05, 0.1) is 18.1 Å². The Bertz CT molecular complexity index is 645. The van der Waals surface area contributed by atoms with Gasteiger partial charge in [-0.1, -0.05) is 0 Å². The molecule has 0 radical (unpaired) electrons. The summed E-state index contributed by atoms with van der Waals surface area (Å²) in [6, 6.07) is -5.33. The van der Waals surface area contributed by atoms with Gasteiger partial charge >= 0.3 is 31.2 Å². The first kappa shape index (κ1) is 21.5. The normalized spacial score (nSPS) is 35.8. The quantitative estimate of drug-likeness (QED) is 0.222. The highest BCUT2D eigenvalue weighted by atomic mass is 32.3. The van der Waals surface area contributed by atoms with Gasteiger partial charge in [-0.25, -0.2) is 12.5 Å². The molecule has 0 atom stereocenters. The molecule has 15 nitrogen and oxygen atoms in total. The topological polar surface area (TPSA) is 269 Å². The van der Waals surface area contributed by atoms with E-state index < -0.39 is 67.6 Å². The van der Waals surface area contributed by atoms with Crippen LogP contribution in [-0.4, -0.2) is 75.3 Å². The maximum absolute atomic E-state index is 10.8. The van der Waals surface area contributed by atoms with Crippen molar-refractivity contribution in [1.82, 2.24) is 0 Å². The molecule has 0 saturated heterocycles. The number of hydrogen-bond donors (Lipinski definition) is 6. The monoisotopic (exact) mass is 417 g/mol. The van der Waals surface area contributed by atoms with Crippen molar-refractivity contribution in [3.63, 3.8) is 0 Å². The van der Waals surface area contributed by atoms with Crippen LogP contribution in [0.3, 0.4) is 0 Å². The van der Waals surface area contributed by atoms with Crippen LogP contribution in [0.25, 0.3) is 0 Å². The lowest BCUT2D eigenvalue weighted by atomic mass is 9.81. The fourth-order valence-electron chi connectivity index (χ4n) is 2.14. The van der Waals surface area contributed by atoms with Gasteiger partial charge in [0.2, 0.25) is 0 Å². The summed E-state index contributed by atoms with van der Waals surface area (Å²) in [5.41, 5.74) is 16.5. The largest absolute Gasteiger partial charge is 0.397 e. The van der Waals surface area contributed by atoms with Gasteiger partial charge < -0.3 is 17.2 Å². The van der Waals surface area contributed by atoms with Crippen LogP contribution >= 0.6 is 0 Å². The average molecular weight is 417 g/mol. The van der Waals surface area contributed by atoms with Crippen molar-refractivity contribution < 1.29 is 51.5 Å². The first-order valence-corrected chi connectivity index (χ1v) is 9.85.